The van der Waals surface area contributed by atoms with Gasteiger partial charge in [0.1, 0.15) is 0 Å². The minimum Gasteiger partial charge on any atom is -0.423 e. The zero-order valence-corrected chi connectivity index (χ0v) is 8.82. The van der Waals surface area contributed by atoms with E-state index in [9.17, 15) is 4.79 Å². The molecular formula is C10H8N2O2S. The summed E-state index contributed by atoms with van der Waals surface area (Å²) >= 11 is 1.55. The Morgan fingerprint density at radius 2 is 2.47 bits per heavy atom. The molecule has 0 aliphatic heterocycles. The van der Waals surface area contributed by atoms with E-state index in [1.54, 1.807) is 17.4 Å². The molecule has 0 saturated heterocycles. The third-order valence-corrected chi connectivity index (χ3v) is 2.62. The van der Waals surface area contributed by atoms with E-state index in [1.807, 2.05) is 17.5 Å². The molecule has 2 aromatic rings. The summed E-state index contributed by atoms with van der Waals surface area (Å²) in [5.41, 5.74) is 0.440. The van der Waals surface area contributed by atoms with E-state index in [1.165, 1.54) is 13.3 Å². The van der Waals surface area contributed by atoms with Crippen LogP contribution in [0.4, 0.5) is 0 Å². The lowest BCUT2D eigenvalue weighted by Crippen LogP contribution is -1.96. The van der Waals surface area contributed by atoms with E-state index in [-0.39, 0.29) is 11.7 Å². The van der Waals surface area contributed by atoms with Gasteiger partial charge in [-0.15, -0.1) is 21.5 Å². The average molecular weight is 220 g/mol. The summed E-state index contributed by atoms with van der Waals surface area (Å²) in [6, 6.07) is 3.84. The molecule has 0 aliphatic rings. The first-order chi connectivity index (χ1) is 7.27. The largest absolute Gasteiger partial charge is 0.423 e. The molecule has 4 nitrogen and oxygen atoms in total. The van der Waals surface area contributed by atoms with Crippen LogP contribution in [0.15, 0.2) is 28.3 Å². The monoisotopic (exact) mass is 220 g/mol. The van der Waals surface area contributed by atoms with Gasteiger partial charge in [0.05, 0.1) is 5.57 Å². The molecule has 0 radical (unpaired) electrons. The van der Waals surface area contributed by atoms with E-state index in [0.29, 0.717) is 5.57 Å². The first-order valence-corrected chi connectivity index (χ1v) is 5.18. The molecule has 2 aromatic heterocycles. The molecule has 5 heteroatoms. The third kappa shape index (κ3) is 2.19. The van der Waals surface area contributed by atoms with Gasteiger partial charge in [-0.05, 0) is 24.4 Å². The lowest BCUT2D eigenvalue weighted by atomic mass is 10.1. The van der Waals surface area contributed by atoms with Crippen LogP contribution in [-0.2, 0) is 4.79 Å². The maximum absolute atomic E-state index is 11.4. The molecule has 0 unspecified atom stereocenters. The molecule has 0 amide bonds. The van der Waals surface area contributed by atoms with E-state index in [4.69, 9.17) is 4.42 Å². The maximum Gasteiger partial charge on any atom is 0.251 e. The van der Waals surface area contributed by atoms with Gasteiger partial charge in [0.2, 0.25) is 6.39 Å². The summed E-state index contributed by atoms with van der Waals surface area (Å²) in [6.45, 7) is 1.48. The van der Waals surface area contributed by atoms with Gasteiger partial charge in [-0.3, -0.25) is 4.79 Å². The van der Waals surface area contributed by atoms with Crippen molar-refractivity contribution in [3.63, 3.8) is 0 Å². The van der Waals surface area contributed by atoms with Crippen LogP contribution in [-0.4, -0.2) is 16.0 Å². The molecule has 76 valence electrons. The number of ketones is 1. The second kappa shape index (κ2) is 4.18. The topological polar surface area (TPSA) is 56.0 Å². The van der Waals surface area contributed by atoms with Crippen LogP contribution in [0.3, 0.4) is 0 Å². The fourth-order valence-electron chi connectivity index (χ4n) is 1.12. The predicted octanol–water partition coefficient (Wildman–Crippen LogP) is 2.26. The second-order valence-electron chi connectivity index (χ2n) is 2.87. The molecule has 0 saturated carbocycles. The summed E-state index contributed by atoms with van der Waals surface area (Å²) in [6.07, 6.45) is 2.96. The minimum atomic E-state index is -0.0901. The number of rotatable bonds is 3. The van der Waals surface area contributed by atoms with Gasteiger partial charge in [-0.25, -0.2) is 0 Å². The quantitative estimate of drug-likeness (QED) is 0.744. The van der Waals surface area contributed by atoms with Crippen LogP contribution in [0.5, 0.6) is 0 Å². The first kappa shape index (κ1) is 9.79. The molecule has 0 atom stereocenters. The Kier molecular flexibility index (Phi) is 2.73. The second-order valence-corrected chi connectivity index (χ2v) is 3.85. The van der Waals surface area contributed by atoms with Crippen LogP contribution >= 0.6 is 11.3 Å². The minimum absolute atomic E-state index is 0.0901. The number of Topliss-reactive ketones (excluding diaryl/α,β-unsaturated/α-hetero) is 1. The Bertz CT molecular complexity index is 472. The number of aromatic nitrogens is 2. The highest BCUT2D eigenvalue weighted by atomic mass is 32.1. The Morgan fingerprint density at radius 1 is 1.60 bits per heavy atom. The van der Waals surface area contributed by atoms with Crippen LogP contribution in [0.25, 0.3) is 11.6 Å². The van der Waals surface area contributed by atoms with E-state index >= 15 is 0 Å². The Morgan fingerprint density at radius 3 is 3.00 bits per heavy atom. The molecule has 0 N–H and O–H groups in total. The van der Waals surface area contributed by atoms with Crippen molar-refractivity contribution in [2.45, 2.75) is 6.92 Å². The zero-order valence-electron chi connectivity index (χ0n) is 8.01. The zero-order chi connectivity index (χ0) is 10.7. The predicted molar refractivity (Wildman–Crippen MR) is 57.2 cm³/mol. The summed E-state index contributed by atoms with van der Waals surface area (Å²) in [7, 11) is 0. The lowest BCUT2D eigenvalue weighted by molar-refractivity contribution is -0.111. The van der Waals surface area contributed by atoms with Gasteiger partial charge >= 0.3 is 0 Å². The highest BCUT2D eigenvalue weighted by Gasteiger charge is 2.12. The van der Waals surface area contributed by atoms with Gasteiger partial charge in [-0.2, -0.15) is 0 Å². The summed E-state index contributed by atoms with van der Waals surface area (Å²) < 4.78 is 5.00. The molecule has 0 fully saturated rings. The van der Waals surface area contributed by atoms with Crippen molar-refractivity contribution in [1.29, 1.82) is 0 Å². The van der Waals surface area contributed by atoms with Gasteiger partial charge < -0.3 is 4.42 Å². The first-order valence-electron chi connectivity index (χ1n) is 4.30. The van der Waals surface area contributed by atoms with Crippen molar-refractivity contribution in [2.24, 2.45) is 0 Å². The number of hydrogen-bond acceptors (Lipinski definition) is 5. The van der Waals surface area contributed by atoms with E-state index in [0.717, 1.165) is 4.88 Å². The third-order valence-electron chi connectivity index (χ3n) is 1.80. The van der Waals surface area contributed by atoms with Crippen molar-refractivity contribution in [1.82, 2.24) is 10.2 Å². The van der Waals surface area contributed by atoms with E-state index < -0.39 is 0 Å². The summed E-state index contributed by atoms with van der Waals surface area (Å²) in [5, 5.41) is 9.21. The molecular weight excluding hydrogens is 212 g/mol. The van der Waals surface area contributed by atoms with Crippen molar-refractivity contribution >= 4 is 28.8 Å². The SMILES string of the molecule is CC(=O)/C(=C/c1cccs1)c1nnco1. The smallest absolute Gasteiger partial charge is 0.251 e. The van der Waals surface area contributed by atoms with E-state index in [2.05, 4.69) is 10.2 Å². The Labute approximate surface area is 90.3 Å². The average Bonchev–Trinajstić information content (AvgIpc) is 2.87. The van der Waals surface area contributed by atoms with Crippen molar-refractivity contribution in [2.75, 3.05) is 0 Å². The molecule has 2 rings (SSSR count). The van der Waals surface area contributed by atoms with Gasteiger partial charge in [-0.1, -0.05) is 6.07 Å². The Balaban J connectivity index is 2.41. The fourth-order valence-corrected chi connectivity index (χ4v) is 1.78. The van der Waals surface area contributed by atoms with Crippen LogP contribution in [0.2, 0.25) is 0 Å². The van der Waals surface area contributed by atoms with Crippen LogP contribution in [0, 0.1) is 0 Å². The molecule has 0 aliphatic carbocycles. The number of carbonyl (C=O) groups excluding carboxylic acids is 1. The standard InChI is InChI=1S/C10H8N2O2S/c1-7(13)9(10-12-11-6-14-10)5-8-3-2-4-15-8/h2-6H,1H3/b9-5-. The van der Waals surface area contributed by atoms with Gasteiger partial charge in [0, 0.05) is 4.88 Å². The molecule has 0 spiro atoms. The fraction of sp³-hybridized carbons (Fsp3) is 0.100. The van der Waals surface area contributed by atoms with Crippen molar-refractivity contribution < 1.29 is 9.21 Å². The highest BCUT2D eigenvalue weighted by Crippen LogP contribution is 2.19. The summed E-state index contributed by atoms with van der Waals surface area (Å²) in [5.74, 6) is 0.170. The van der Waals surface area contributed by atoms with Crippen molar-refractivity contribution in [3.05, 3.63) is 34.7 Å². The van der Waals surface area contributed by atoms with Crippen molar-refractivity contribution in [3.8, 4) is 0 Å². The lowest BCUT2D eigenvalue weighted by Gasteiger charge is -1.95. The summed E-state index contributed by atoms with van der Waals surface area (Å²) in [4.78, 5) is 12.4. The van der Waals surface area contributed by atoms with Gasteiger partial charge in [0.25, 0.3) is 5.89 Å². The molecule has 15 heavy (non-hydrogen) atoms. The number of thiophene rings is 1. The number of nitrogens with zero attached hydrogens (tertiary/aromatic N) is 2. The molecule has 0 bridgehead atoms. The normalized spacial score (nSPS) is 11.7. The Hall–Kier alpha value is -1.75. The molecule has 2 heterocycles. The number of allylic oxidation sites excluding steroid dienone is 1. The van der Waals surface area contributed by atoms with Crippen LogP contribution < -0.4 is 0 Å². The molecule has 0 aromatic carbocycles. The van der Waals surface area contributed by atoms with Gasteiger partial charge in [0.15, 0.2) is 5.78 Å². The number of hydrogen-bond donors (Lipinski definition) is 0. The number of carbonyl (C=O) groups is 1. The van der Waals surface area contributed by atoms with Crippen LogP contribution in [0.1, 0.15) is 17.7 Å². The maximum atomic E-state index is 11.4. The highest BCUT2D eigenvalue weighted by molar-refractivity contribution is 7.10.